The van der Waals surface area contributed by atoms with Crippen molar-refractivity contribution in [2.24, 2.45) is 0 Å². The van der Waals surface area contributed by atoms with Gasteiger partial charge in [-0.1, -0.05) is 40.2 Å². The monoisotopic (exact) mass is 322 g/mol. The molecule has 1 unspecified atom stereocenters. The predicted octanol–water partition coefficient (Wildman–Crippen LogP) is 4.48. The average Bonchev–Trinajstić information content (AvgIpc) is 2.33. The third-order valence-electron chi connectivity index (χ3n) is 3.32. The molecular weight excluding hydrogens is 307 g/mol. The Balaban J connectivity index is 2.20. The number of hydrogen-bond donors (Lipinski definition) is 1. The number of aryl methyl sites for hydroxylation is 2. The van der Waals surface area contributed by atoms with Gasteiger partial charge < -0.3 is 5.11 Å². The van der Waals surface area contributed by atoms with Gasteiger partial charge in [-0.05, 0) is 48.2 Å². The molecule has 2 rings (SSSR count). The lowest BCUT2D eigenvalue weighted by molar-refractivity contribution is 0.177. The van der Waals surface area contributed by atoms with E-state index in [4.69, 9.17) is 0 Å². The van der Waals surface area contributed by atoms with Crippen LogP contribution in [0.2, 0.25) is 0 Å². The second-order valence-corrected chi connectivity index (χ2v) is 5.66. The molecule has 2 aromatic carbocycles. The zero-order valence-electron chi connectivity index (χ0n) is 11.0. The molecule has 0 amide bonds. The van der Waals surface area contributed by atoms with Gasteiger partial charge in [-0.2, -0.15) is 0 Å². The van der Waals surface area contributed by atoms with Crippen molar-refractivity contribution in [2.45, 2.75) is 26.4 Å². The minimum Gasteiger partial charge on any atom is -0.388 e. The first-order valence-electron chi connectivity index (χ1n) is 6.16. The third-order valence-corrected chi connectivity index (χ3v) is 4.01. The van der Waals surface area contributed by atoms with E-state index in [0.29, 0.717) is 16.5 Å². The average molecular weight is 323 g/mol. The molecule has 100 valence electrons. The Morgan fingerprint density at radius 1 is 1.11 bits per heavy atom. The lowest BCUT2D eigenvalue weighted by Gasteiger charge is -2.14. The van der Waals surface area contributed by atoms with Crippen LogP contribution >= 0.6 is 15.9 Å². The summed E-state index contributed by atoms with van der Waals surface area (Å²) >= 11 is 3.29. The van der Waals surface area contributed by atoms with Crippen LogP contribution in [0.25, 0.3) is 0 Å². The smallest absolute Gasteiger partial charge is 0.124 e. The summed E-state index contributed by atoms with van der Waals surface area (Å²) < 4.78 is 13.6. The SMILES string of the molecule is Cc1ccc(CC(O)c2ccc(F)cc2Br)cc1C. The summed E-state index contributed by atoms with van der Waals surface area (Å²) in [7, 11) is 0. The van der Waals surface area contributed by atoms with Gasteiger partial charge in [0.25, 0.3) is 0 Å². The van der Waals surface area contributed by atoms with E-state index in [1.54, 1.807) is 6.07 Å². The topological polar surface area (TPSA) is 20.2 Å². The molecule has 1 atom stereocenters. The number of aliphatic hydroxyl groups excluding tert-OH is 1. The lowest BCUT2D eigenvalue weighted by Crippen LogP contribution is -2.03. The van der Waals surface area contributed by atoms with Gasteiger partial charge >= 0.3 is 0 Å². The van der Waals surface area contributed by atoms with E-state index in [9.17, 15) is 9.50 Å². The Kier molecular flexibility index (Phi) is 4.38. The fourth-order valence-corrected chi connectivity index (χ4v) is 2.65. The minimum absolute atomic E-state index is 0.311. The van der Waals surface area contributed by atoms with E-state index in [1.165, 1.54) is 23.3 Å². The van der Waals surface area contributed by atoms with E-state index in [2.05, 4.69) is 41.9 Å². The zero-order valence-corrected chi connectivity index (χ0v) is 12.5. The zero-order chi connectivity index (χ0) is 14.0. The first-order valence-corrected chi connectivity index (χ1v) is 6.96. The maximum absolute atomic E-state index is 13.0. The van der Waals surface area contributed by atoms with Crippen molar-refractivity contribution in [3.63, 3.8) is 0 Å². The minimum atomic E-state index is -0.642. The van der Waals surface area contributed by atoms with Crippen molar-refractivity contribution in [1.29, 1.82) is 0 Å². The normalized spacial score (nSPS) is 12.5. The van der Waals surface area contributed by atoms with E-state index >= 15 is 0 Å². The Bertz CT molecular complexity index is 595. The molecule has 0 aliphatic carbocycles. The van der Waals surface area contributed by atoms with E-state index < -0.39 is 6.10 Å². The van der Waals surface area contributed by atoms with Crippen molar-refractivity contribution < 1.29 is 9.50 Å². The lowest BCUT2D eigenvalue weighted by atomic mass is 9.98. The highest BCUT2D eigenvalue weighted by Gasteiger charge is 2.13. The number of benzene rings is 2. The largest absolute Gasteiger partial charge is 0.388 e. The molecule has 0 heterocycles. The summed E-state index contributed by atoms with van der Waals surface area (Å²) in [5.74, 6) is -0.311. The van der Waals surface area contributed by atoms with Gasteiger partial charge in [0.2, 0.25) is 0 Å². The van der Waals surface area contributed by atoms with Crippen LogP contribution in [0, 0.1) is 19.7 Å². The maximum atomic E-state index is 13.0. The number of halogens is 2. The summed E-state index contributed by atoms with van der Waals surface area (Å²) in [6, 6.07) is 10.5. The van der Waals surface area contributed by atoms with Crippen LogP contribution in [0.5, 0.6) is 0 Å². The van der Waals surface area contributed by atoms with Crippen molar-refractivity contribution in [2.75, 3.05) is 0 Å². The Morgan fingerprint density at radius 2 is 1.84 bits per heavy atom. The second-order valence-electron chi connectivity index (χ2n) is 4.80. The van der Waals surface area contributed by atoms with Crippen LogP contribution in [0.15, 0.2) is 40.9 Å². The molecule has 3 heteroatoms. The number of aliphatic hydroxyl groups is 1. The number of rotatable bonds is 3. The highest BCUT2D eigenvalue weighted by molar-refractivity contribution is 9.10. The highest BCUT2D eigenvalue weighted by Crippen LogP contribution is 2.27. The molecule has 0 spiro atoms. The fourth-order valence-electron chi connectivity index (χ4n) is 2.04. The van der Waals surface area contributed by atoms with Crippen molar-refractivity contribution in [1.82, 2.24) is 0 Å². The van der Waals surface area contributed by atoms with Gasteiger partial charge in [0.1, 0.15) is 5.82 Å². The van der Waals surface area contributed by atoms with Gasteiger partial charge in [-0.25, -0.2) is 4.39 Å². The van der Waals surface area contributed by atoms with Crippen LogP contribution in [0.3, 0.4) is 0 Å². The van der Waals surface area contributed by atoms with Gasteiger partial charge in [-0.15, -0.1) is 0 Å². The second kappa shape index (κ2) is 5.85. The molecule has 0 aromatic heterocycles. The molecule has 2 aromatic rings. The first-order chi connectivity index (χ1) is 8.97. The van der Waals surface area contributed by atoms with E-state index in [0.717, 1.165) is 5.56 Å². The molecule has 0 saturated heterocycles. The molecule has 0 aliphatic rings. The van der Waals surface area contributed by atoms with Gasteiger partial charge in [0, 0.05) is 10.9 Å². The van der Waals surface area contributed by atoms with Crippen molar-refractivity contribution in [3.05, 3.63) is 68.9 Å². The summed E-state index contributed by atoms with van der Waals surface area (Å²) in [6.45, 7) is 4.12. The predicted molar refractivity (Wildman–Crippen MR) is 78.7 cm³/mol. The highest BCUT2D eigenvalue weighted by atomic mass is 79.9. The summed E-state index contributed by atoms with van der Waals surface area (Å²) in [4.78, 5) is 0. The summed E-state index contributed by atoms with van der Waals surface area (Å²) in [5.41, 5.74) is 4.23. The van der Waals surface area contributed by atoms with E-state index in [-0.39, 0.29) is 5.82 Å². The van der Waals surface area contributed by atoms with Crippen LogP contribution in [-0.4, -0.2) is 5.11 Å². The molecule has 0 fully saturated rings. The summed E-state index contributed by atoms with van der Waals surface area (Å²) in [6.07, 6.45) is -0.122. The van der Waals surface area contributed by atoms with E-state index in [1.807, 2.05) is 6.07 Å². The first kappa shape index (κ1) is 14.2. The van der Waals surface area contributed by atoms with Crippen LogP contribution in [0.4, 0.5) is 4.39 Å². The number of hydrogen-bond acceptors (Lipinski definition) is 1. The maximum Gasteiger partial charge on any atom is 0.124 e. The van der Waals surface area contributed by atoms with Crippen LogP contribution in [0.1, 0.15) is 28.4 Å². The standard InChI is InChI=1S/C16H16BrFO/c1-10-3-4-12(7-11(10)2)8-16(19)14-6-5-13(18)9-15(14)17/h3-7,9,16,19H,8H2,1-2H3. The molecular formula is C16H16BrFO. The van der Waals surface area contributed by atoms with Crippen molar-refractivity contribution in [3.8, 4) is 0 Å². The van der Waals surface area contributed by atoms with Gasteiger partial charge in [-0.3, -0.25) is 0 Å². The molecule has 19 heavy (non-hydrogen) atoms. The molecule has 1 N–H and O–H groups in total. The summed E-state index contributed by atoms with van der Waals surface area (Å²) in [5, 5.41) is 10.3. The van der Waals surface area contributed by atoms with Crippen LogP contribution in [-0.2, 0) is 6.42 Å². The van der Waals surface area contributed by atoms with Crippen LogP contribution < -0.4 is 0 Å². The Labute approximate surface area is 121 Å². The van der Waals surface area contributed by atoms with Crippen molar-refractivity contribution >= 4 is 15.9 Å². The fraction of sp³-hybridized carbons (Fsp3) is 0.250. The Morgan fingerprint density at radius 3 is 2.47 bits per heavy atom. The molecule has 0 radical (unpaired) electrons. The quantitative estimate of drug-likeness (QED) is 0.883. The molecule has 0 saturated carbocycles. The van der Waals surface area contributed by atoms with Gasteiger partial charge in [0.15, 0.2) is 0 Å². The molecule has 1 nitrogen and oxygen atoms in total. The third kappa shape index (κ3) is 3.43. The molecule has 0 bridgehead atoms. The molecule has 0 aliphatic heterocycles. The Hall–Kier alpha value is -1.19. The van der Waals surface area contributed by atoms with Gasteiger partial charge in [0.05, 0.1) is 6.10 Å².